The fourth-order valence-electron chi connectivity index (χ4n) is 1.37. The van der Waals surface area contributed by atoms with E-state index in [1.807, 2.05) is 0 Å². The molecule has 0 radical (unpaired) electrons. The van der Waals surface area contributed by atoms with Crippen molar-refractivity contribution >= 4 is 0 Å². The maximum absolute atomic E-state index is 10.6. The van der Waals surface area contributed by atoms with Gasteiger partial charge < -0.3 is 5.73 Å². The van der Waals surface area contributed by atoms with Crippen LogP contribution in [0.5, 0.6) is 0 Å². The Kier molecular flexibility index (Phi) is 2.46. The molecule has 1 unspecified atom stereocenters. The van der Waals surface area contributed by atoms with Crippen molar-refractivity contribution in [3.05, 3.63) is 43.3 Å². The average molecular weight is 214 g/mol. The zero-order valence-electron chi connectivity index (χ0n) is 7.97. The molecule has 0 amide bonds. The Balaban J connectivity index is 3.23. The second-order valence-corrected chi connectivity index (χ2v) is 3.37. The SMILES string of the molecule is CC1=CC(N)([N+](=O)[O-])CC([N+](=O)[O-])=C1N. The van der Waals surface area contributed by atoms with Crippen LogP contribution in [0, 0.1) is 20.2 Å². The van der Waals surface area contributed by atoms with Gasteiger partial charge in [-0.05, 0) is 12.5 Å². The Hall–Kier alpha value is -1.96. The summed E-state index contributed by atoms with van der Waals surface area (Å²) in [6, 6.07) is 0. The minimum Gasteiger partial charge on any atom is -0.393 e. The van der Waals surface area contributed by atoms with Crippen LogP contribution in [0.15, 0.2) is 23.0 Å². The topological polar surface area (TPSA) is 138 Å². The molecule has 0 spiro atoms. The number of rotatable bonds is 2. The monoisotopic (exact) mass is 214 g/mol. The van der Waals surface area contributed by atoms with Crippen LogP contribution in [-0.4, -0.2) is 15.5 Å². The molecule has 1 rings (SSSR count). The van der Waals surface area contributed by atoms with Crippen molar-refractivity contribution < 1.29 is 9.85 Å². The van der Waals surface area contributed by atoms with Crippen molar-refractivity contribution in [3.63, 3.8) is 0 Å². The summed E-state index contributed by atoms with van der Waals surface area (Å²) in [5.41, 5.74) is 8.71. The van der Waals surface area contributed by atoms with Gasteiger partial charge in [-0.1, -0.05) is 0 Å². The lowest BCUT2D eigenvalue weighted by Gasteiger charge is -2.21. The Labute approximate surface area is 84.5 Å². The molecular weight excluding hydrogens is 204 g/mol. The first-order valence-electron chi connectivity index (χ1n) is 4.04. The lowest BCUT2D eigenvalue weighted by molar-refractivity contribution is -0.561. The number of hydrogen-bond acceptors (Lipinski definition) is 6. The first kappa shape index (κ1) is 11.1. The van der Waals surface area contributed by atoms with Gasteiger partial charge in [0.15, 0.2) is 0 Å². The molecule has 4 N–H and O–H groups in total. The molecule has 0 aliphatic heterocycles. The van der Waals surface area contributed by atoms with E-state index in [1.54, 1.807) is 0 Å². The van der Waals surface area contributed by atoms with Crippen molar-refractivity contribution in [2.24, 2.45) is 11.5 Å². The van der Waals surface area contributed by atoms with Gasteiger partial charge in [0.05, 0.1) is 4.92 Å². The van der Waals surface area contributed by atoms with Crippen LogP contribution in [0.1, 0.15) is 13.3 Å². The number of allylic oxidation sites excluding steroid dienone is 1. The van der Waals surface area contributed by atoms with E-state index in [1.165, 1.54) is 6.92 Å². The fraction of sp³-hybridized carbons (Fsp3) is 0.429. The van der Waals surface area contributed by atoms with E-state index in [2.05, 4.69) is 0 Å². The summed E-state index contributed by atoms with van der Waals surface area (Å²) in [7, 11) is 0. The van der Waals surface area contributed by atoms with E-state index in [9.17, 15) is 20.2 Å². The molecular formula is C7H10N4O4. The number of nitrogens with zero attached hydrogens (tertiary/aromatic N) is 2. The second-order valence-electron chi connectivity index (χ2n) is 3.37. The van der Waals surface area contributed by atoms with Gasteiger partial charge in [0, 0.05) is 11.0 Å². The predicted octanol–water partition coefficient (Wildman–Crippen LogP) is -0.285. The number of nitrogens with two attached hydrogens (primary N) is 2. The fourth-order valence-corrected chi connectivity index (χ4v) is 1.37. The van der Waals surface area contributed by atoms with E-state index in [-0.39, 0.29) is 11.3 Å². The van der Waals surface area contributed by atoms with Crippen molar-refractivity contribution in [2.45, 2.75) is 19.0 Å². The van der Waals surface area contributed by atoms with Crippen molar-refractivity contribution in [2.75, 3.05) is 0 Å². The summed E-state index contributed by atoms with van der Waals surface area (Å²) in [5, 5.41) is 21.2. The van der Waals surface area contributed by atoms with Crippen LogP contribution in [0.4, 0.5) is 0 Å². The van der Waals surface area contributed by atoms with Crippen LogP contribution in [0.25, 0.3) is 0 Å². The highest BCUT2D eigenvalue weighted by atomic mass is 16.6. The quantitative estimate of drug-likeness (QED) is 0.368. The lowest BCUT2D eigenvalue weighted by atomic mass is 9.93. The molecule has 0 aromatic carbocycles. The van der Waals surface area contributed by atoms with Crippen LogP contribution in [0.3, 0.4) is 0 Å². The molecule has 0 aromatic rings. The minimum absolute atomic E-state index is 0.0528. The molecule has 0 saturated heterocycles. The normalized spacial score (nSPS) is 26.1. The summed E-state index contributed by atoms with van der Waals surface area (Å²) in [6.45, 7) is 1.45. The second kappa shape index (κ2) is 3.31. The highest BCUT2D eigenvalue weighted by molar-refractivity contribution is 5.35. The molecule has 0 bridgehead atoms. The first-order valence-corrected chi connectivity index (χ1v) is 4.04. The summed E-state index contributed by atoms with van der Waals surface area (Å²) in [6.07, 6.45) is 0.630. The summed E-state index contributed by atoms with van der Waals surface area (Å²) < 4.78 is 0. The molecule has 8 heteroatoms. The Morgan fingerprint density at radius 1 is 1.47 bits per heavy atom. The molecule has 0 saturated carbocycles. The third kappa shape index (κ3) is 1.79. The van der Waals surface area contributed by atoms with E-state index in [4.69, 9.17) is 11.5 Å². The van der Waals surface area contributed by atoms with Crippen molar-refractivity contribution in [3.8, 4) is 0 Å². The zero-order chi connectivity index (χ0) is 11.8. The highest BCUT2D eigenvalue weighted by Gasteiger charge is 2.45. The molecule has 0 heterocycles. The smallest absolute Gasteiger partial charge is 0.302 e. The van der Waals surface area contributed by atoms with E-state index in [0.29, 0.717) is 0 Å². The number of nitro groups is 2. The molecule has 1 atom stereocenters. The zero-order valence-corrected chi connectivity index (χ0v) is 7.97. The highest BCUT2D eigenvalue weighted by Crippen LogP contribution is 2.28. The van der Waals surface area contributed by atoms with Crippen LogP contribution in [0.2, 0.25) is 0 Å². The maximum Gasteiger partial charge on any atom is 0.302 e. The molecule has 1 aliphatic carbocycles. The Bertz CT molecular complexity index is 400. The third-order valence-electron chi connectivity index (χ3n) is 2.21. The van der Waals surface area contributed by atoms with Gasteiger partial charge in [-0.25, -0.2) is 0 Å². The van der Waals surface area contributed by atoms with Crippen LogP contribution >= 0.6 is 0 Å². The summed E-state index contributed by atoms with van der Waals surface area (Å²) in [4.78, 5) is 19.7. The van der Waals surface area contributed by atoms with E-state index < -0.39 is 27.6 Å². The van der Waals surface area contributed by atoms with E-state index >= 15 is 0 Å². The Morgan fingerprint density at radius 3 is 2.40 bits per heavy atom. The Morgan fingerprint density at radius 2 is 2.00 bits per heavy atom. The number of hydrogen-bond donors (Lipinski definition) is 2. The third-order valence-corrected chi connectivity index (χ3v) is 2.21. The molecule has 15 heavy (non-hydrogen) atoms. The summed E-state index contributed by atoms with van der Waals surface area (Å²) >= 11 is 0. The van der Waals surface area contributed by atoms with Crippen molar-refractivity contribution in [1.82, 2.24) is 0 Å². The standard InChI is InChI=1S/C7H10N4O4/c1-4-2-7(9,11(14)15)3-5(6(4)8)10(12)13/h2H,3,8-9H2,1H3. The molecule has 0 fully saturated rings. The lowest BCUT2D eigenvalue weighted by Crippen LogP contribution is -2.49. The largest absolute Gasteiger partial charge is 0.393 e. The van der Waals surface area contributed by atoms with Crippen LogP contribution < -0.4 is 11.5 Å². The van der Waals surface area contributed by atoms with Gasteiger partial charge in [-0.2, -0.15) is 0 Å². The van der Waals surface area contributed by atoms with Gasteiger partial charge >= 0.3 is 5.66 Å². The minimum atomic E-state index is -1.94. The van der Waals surface area contributed by atoms with Gasteiger partial charge in [0.2, 0.25) is 0 Å². The van der Waals surface area contributed by atoms with Gasteiger partial charge in [-0.3, -0.25) is 26.0 Å². The van der Waals surface area contributed by atoms with Crippen molar-refractivity contribution in [1.29, 1.82) is 0 Å². The average Bonchev–Trinajstić information content (AvgIpc) is 2.10. The van der Waals surface area contributed by atoms with Gasteiger partial charge in [0.1, 0.15) is 12.1 Å². The summed E-state index contributed by atoms with van der Waals surface area (Å²) in [5.74, 6) is 0. The first-order chi connectivity index (χ1) is 6.78. The van der Waals surface area contributed by atoms with Gasteiger partial charge in [-0.15, -0.1) is 0 Å². The molecule has 0 aromatic heterocycles. The molecule has 1 aliphatic rings. The maximum atomic E-state index is 10.6. The molecule has 8 nitrogen and oxygen atoms in total. The van der Waals surface area contributed by atoms with Gasteiger partial charge in [0.25, 0.3) is 5.70 Å². The van der Waals surface area contributed by atoms with E-state index in [0.717, 1.165) is 6.08 Å². The predicted molar refractivity (Wildman–Crippen MR) is 50.5 cm³/mol. The van der Waals surface area contributed by atoms with Crippen LogP contribution in [-0.2, 0) is 0 Å². The molecule has 82 valence electrons.